The van der Waals surface area contributed by atoms with Crippen molar-refractivity contribution in [3.63, 3.8) is 0 Å². The number of carbonyl (C=O) groups is 2. The molecule has 1 aromatic carbocycles. The monoisotopic (exact) mass is 359 g/mol. The van der Waals surface area contributed by atoms with Crippen molar-refractivity contribution in [3.8, 4) is 0 Å². The first kappa shape index (κ1) is 18.5. The molecule has 6 heteroatoms. The predicted octanol–water partition coefficient (Wildman–Crippen LogP) is 2.51. The smallest absolute Gasteiger partial charge is 0.410 e. The van der Waals surface area contributed by atoms with E-state index in [0.29, 0.717) is 19.4 Å². The van der Waals surface area contributed by atoms with Crippen LogP contribution in [0.5, 0.6) is 0 Å². The molecule has 4 atom stereocenters. The van der Waals surface area contributed by atoms with Gasteiger partial charge in [0.15, 0.2) is 0 Å². The Bertz CT molecular complexity index is 687. The van der Waals surface area contributed by atoms with Gasteiger partial charge in [-0.05, 0) is 31.2 Å². The first-order valence-corrected chi connectivity index (χ1v) is 8.93. The minimum Gasteiger partial charge on any atom is -0.469 e. The molecule has 1 aliphatic heterocycles. The van der Waals surface area contributed by atoms with Crippen molar-refractivity contribution < 1.29 is 24.2 Å². The fourth-order valence-corrected chi connectivity index (χ4v) is 4.06. The van der Waals surface area contributed by atoms with Crippen molar-refractivity contribution in [1.82, 2.24) is 4.90 Å². The summed E-state index contributed by atoms with van der Waals surface area (Å²) in [7, 11) is 1.37. The number of methoxy groups -OCH3 is 1. The molecule has 2 bridgehead atoms. The highest BCUT2D eigenvalue weighted by molar-refractivity contribution is 5.74. The summed E-state index contributed by atoms with van der Waals surface area (Å²) in [5.41, 5.74) is 1.93. The molecule has 140 valence electrons. The zero-order valence-electron chi connectivity index (χ0n) is 15.1. The molecule has 1 saturated heterocycles. The number of carbonyl (C=O) groups excluding carboxylic acids is 2. The second kappa shape index (κ2) is 7.91. The quantitative estimate of drug-likeness (QED) is 0.663. The second-order valence-corrected chi connectivity index (χ2v) is 6.87. The van der Waals surface area contributed by atoms with E-state index in [0.717, 1.165) is 11.1 Å². The number of hydrogen-bond acceptors (Lipinski definition) is 5. The molecule has 2 fully saturated rings. The van der Waals surface area contributed by atoms with E-state index in [4.69, 9.17) is 9.47 Å². The van der Waals surface area contributed by atoms with E-state index >= 15 is 0 Å². The van der Waals surface area contributed by atoms with E-state index in [1.807, 2.05) is 43.3 Å². The maximum Gasteiger partial charge on any atom is 0.410 e. The summed E-state index contributed by atoms with van der Waals surface area (Å²) in [5.74, 6) is -0.661. The number of benzene rings is 1. The molecule has 1 saturated carbocycles. The van der Waals surface area contributed by atoms with Crippen LogP contribution in [-0.2, 0) is 20.9 Å². The van der Waals surface area contributed by atoms with Crippen LogP contribution in [0.2, 0.25) is 0 Å². The summed E-state index contributed by atoms with van der Waals surface area (Å²) in [6.07, 6.45) is 1.58. The molecule has 26 heavy (non-hydrogen) atoms. The summed E-state index contributed by atoms with van der Waals surface area (Å²) in [6, 6.07) is 9.15. The number of amides is 1. The largest absolute Gasteiger partial charge is 0.469 e. The Morgan fingerprint density at radius 1 is 1.27 bits per heavy atom. The Morgan fingerprint density at radius 2 is 2.00 bits per heavy atom. The van der Waals surface area contributed by atoms with Crippen LogP contribution in [0, 0.1) is 11.8 Å². The normalized spacial score (nSPS) is 29.3. The third-order valence-corrected chi connectivity index (χ3v) is 5.46. The molecule has 2 aliphatic rings. The lowest BCUT2D eigenvalue weighted by Crippen LogP contribution is -2.58. The number of hydrogen-bond donors (Lipinski definition) is 1. The summed E-state index contributed by atoms with van der Waals surface area (Å²) >= 11 is 0. The molecule has 1 aliphatic carbocycles. The lowest BCUT2D eigenvalue weighted by atomic mass is 9.69. The van der Waals surface area contributed by atoms with Crippen LogP contribution in [-0.4, -0.2) is 47.9 Å². The number of fused-ring (bicyclic) bond motifs is 2. The van der Waals surface area contributed by atoms with E-state index in [1.165, 1.54) is 7.11 Å². The summed E-state index contributed by atoms with van der Waals surface area (Å²) in [5, 5.41) is 10.5. The van der Waals surface area contributed by atoms with Gasteiger partial charge in [-0.2, -0.15) is 0 Å². The number of allylic oxidation sites excluding steroid dienone is 1. The average molecular weight is 359 g/mol. The van der Waals surface area contributed by atoms with Gasteiger partial charge in [0.2, 0.25) is 0 Å². The van der Waals surface area contributed by atoms with Crippen molar-refractivity contribution in [1.29, 1.82) is 0 Å². The van der Waals surface area contributed by atoms with Gasteiger partial charge in [-0.1, -0.05) is 42.0 Å². The maximum atomic E-state index is 12.6. The molecule has 1 N–H and O–H groups in total. The molecule has 6 nitrogen and oxygen atoms in total. The van der Waals surface area contributed by atoms with E-state index < -0.39 is 12.2 Å². The first-order valence-electron chi connectivity index (χ1n) is 8.93. The molecule has 1 unspecified atom stereocenters. The van der Waals surface area contributed by atoms with Gasteiger partial charge in [0.05, 0.1) is 25.2 Å². The van der Waals surface area contributed by atoms with Gasteiger partial charge in [-0.15, -0.1) is 0 Å². The van der Waals surface area contributed by atoms with Gasteiger partial charge in [-0.3, -0.25) is 9.69 Å². The minimum absolute atomic E-state index is 0.000904. The van der Waals surface area contributed by atoms with Crippen LogP contribution in [0.3, 0.4) is 0 Å². The molecule has 0 spiro atoms. The lowest BCUT2D eigenvalue weighted by molar-refractivity contribution is -0.152. The van der Waals surface area contributed by atoms with Crippen molar-refractivity contribution in [2.24, 2.45) is 11.8 Å². The number of likely N-dealkylation sites (tertiary alicyclic amines) is 1. The fourth-order valence-electron chi connectivity index (χ4n) is 4.06. The Labute approximate surface area is 153 Å². The number of rotatable bonds is 3. The molecular formula is C20H25NO5. The standard InChI is InChI=1S/C20H25NO5/c1-3-14-11-21(20(24)26-12-13-7-5-4-6-8-13)17-9-15(14)16(10-18(17)22)19(23)25-2/h3-8,15-18,22H,9-12H2,1-2H3/b14-3+/t15-,16-,17-,18?/m0/s1. The Morgan fingerprint density at radius 3 is 2.65 bits per heavy atom. The Hall–Kier alpha value is -2.34. The van der Waals surface area contributed by atoms with E-state index in [9.17, 15) is 14.7 Å². The summed E-state index contributed by atoms with van der Waals surface area (Å²) < 4.78 is 10.4. The van der Waals surface area contributed by atoms with E-state index in [-0.39, 0.29) is 30.5 Å². The molecule has 1 heterocycles. The highest BCUT2D eigenvalue weighted by Crippen LogP contribution is 2.42. The van der Waals surface area contributed by atoms with Gasteiger partial charge in [0, 0.05) is 6.54 Å². The lowest BCUT2D eigenvalue weighted by Gasteiger charge is -2.48. The fraction of sp³-hybridized carbons (Fsp3) is 0.500. The predicted molar refractivity (Wildman–Crippen MR) is 95.1 cm³/mol. The zero-order valence-corrected chi connectivity index (χ0v) is 15.1. The zero-order chi connectivity index (χ0) is 18.7. The third-order valence-electron chi connectivity index (χ3n) is 5.46. The molecule has 3 rings (SSSR count). The average Bonchev–Trinajstić information content (AvgIpc) is 2.68. The van der Waals surface area contributed by atoms with Crippen molar-refractivity contribution in [2.75, 3.05) is 13.7 Å². The molecular weight excluding hydrogens is 334 g/mol. The molecule has 1 aromatic rings. The van der Waals surface area contributed by atoms with E-state index in [1.54, 1.807) is 4.90 Å². The number of nitrogens with zero attached hydrogens (tertiary/aromatic N) is 1. The van der Waals surface area contributed by atoms with Crippen LogP contribution < -0.4 is 0 Å². The van der Waals surface area contributed by atoms with Crippen LogP contribution in [0.4, 0.5) is 4.79 Å². The van der Waals surface area contributed by atoms with Gasteiger partial charge in [0.25, 0.3) is 0 Å². The minimum atomic E-state index is -0.766. The first-order chi connectivity index (χ1) is 12.5. The van der Waals surface area contributed by atoms with Gasteiger partial charge >= 0.3 is 12.1 Å². The molecule has 1 amide bonds. The molecule has 0 radical (unpaired) electrons. The second-order valence-electron chi connectivity index (χ2n) is 6.87. The third kappa shape index (κ3) is 3.60. The van der Waals surface area contributed by atoms with Crippen molar-refractivity contribution in [2.45, 2.75) is 38.5 Å². The van der Waals surface area contributed by atoms with Crippen molar-refractivity contribution >= 4 is 12.1 Å². The number of aliphatic hydroxyl groups is 1. The van der Waals surface area contributed by atoms with Crippen LogP contribution >= 0.6 is 0 Å². The van der Waals surface area contributed by atoms with Crippen LogP contribution in [0.25, 0.3) is 0 Å². The highest BCUT2D eigenvalue weighted by Gasteiger charge is 2.49. The molecule has 0 aromatic heterocycles. The SMILES string of the molecule is C/C=C1\CN(C(=O)OCc2ccccc2)[C@H]2C[C@@H]1[C@@H](C(=O)OC)CC2O. The number of piperidine rings is 1. The number of esters is 1. The number of aliphatic hydroxyl groups excluding tert-OH is 1. The summed E-state index contributed by atoms with van der Waals surface area (Å²) in [6.45, 7) is 2.46. The van der Waals surface area contributed by atoms with Gasteiger partial charge in [-0.25, -0.2) is 4.79 Å². The van der Waals surface area contributed by atoms with Crippen LogP contribution in [0.1, 0.15) is 25.3 Å². The van der Waals surface area contributed by atoms with E-state index in [2.05, 4.69) is 0 Å². The maximum absolute atomic E-state index is 12.6. The van der Waals surface area contributed by atoms with Crippen molar-refractivity contribution in [3.05, 3.63) is 47.5 Å². The van der Waals surface area contributed by atoms with Gasteiger partial charge < -0.3 is 14.6 Å². The Balaban J connectivity index is 1.72. The number of ether oxygens (including phenoxy) is 2. The Kier molecular flexibility index (Phi) is 5.61. The highest BCUT2D eigenvalue weighted by atomic mass is 16.6. The van der Waals surface area contributed by atoms with Gasteiger partial charge in [0.1, 0.15) is 6.61 Å². The topological polar surface area (TPSA) is 76.1 Å². The summed E-state index contributed by atoms with van der Waals surface area (Å²) in [4.78, 5) is 26.3. The van der Waals surface area contributed by atoms with Crippen LogP contribution in [0.15, 0.2) is 42.0 Å².